The van der Waals surface area contributed by atoms with Gasteiger partial charge in [-0.3, -0.25) is 4.79 Å². The van der Waals surface area contributed by atoms with E-state index < -0.39 is 0 Å². The van der Waals surface area contributed by atoms with E-state index >= 15 is 0 Å². The zero-order valence-corrected chi connectivity index (χ0v) is 15.1. The SMILES string of the molecule is COc1cc(CNC(=O)CC#N)cc(Cl)c1OCCOc1ccccc1. The van der Waals surface area contributed by atoms with E-state index in [1.54, 1.807) is 18.2 Å². The van der Waals surface area contributed by atoms with E-state index in [4.69, 9.17) is 31.1 Å². The Morgan fingerprint density at radius 1 is 1.19 bits per heavy atom. The monoisotopic (exact) mass is 374 g/mol. The number of rotatable bonds is 9. The summed E-state index contributed by atoms with van der Waals surface area (Å²) in [5, 5.41) is 11.5. The summed E-state index contributed by atoms with van der Waals surface area (Å²) in [4.78, 5) is 11.4. The number of nitrogens with one attached hydrogen (secondary N) is 1. The second-order valence-electron chi connectivity index (χ2n) is 5.23. The van der Waals surface area contributed by atoms with Crippen molar-refractivity contribution < 1.29 is 19.0 Å². The molecule has 0 unspecified atom stereocenters. The molecule has 2 aromatic rings. The van der Waals surface area contributed by atoms with Crippen molar-refractivity contribution in [2.75, 3.05) is 20.3 Å². The van der Waals surface area contributed by atoms with Crippen LogP contribution in [0.15, 0.2) is 42.5 Å². The fourth-order valence-corrected chi connectivity index (χ4v) is 2.46. The average Bonchev–Trinajstić information content (AvgIpc) is 2.65. The summed E-state index contributed by atoms with van der Waals surface area (Å²) in [6, 6.07) is 14.6. The third kappa shape index (κ3) is 5.87. The molecule has 2 aromatic carbocycles. The summed E-state index contributed by atoms with van der Waals surface area (Å²) >= 11 is 6.27. The molecule has 26 heavy (non-hydrogen) atoms. The lowest BCUT2D eigenvalue weighted by Crippen LogP contribution is -2.21. The molecule has 0 bridgehead atoms. The van der Waals surface area contributed by atoms with Gasteiger partial charge in [0.1, 0.15) is 25.4 Å². The van der Waals surface area contributed by atoms with Gasteiger partial charge in [-0.15, -0.1) is 0 Å². The van der Waals surface area contributed by atoms with E-state index in [0.29, 0.717) is 29.7 Å². The molecule has 1 N–H and O–H groups in total. The molecule has 0 saturated heterocycles. The van der Waals surface area contributed by atoms with E-state index in [-0.39, 0.29) is 18.9 Å². The van der Waals surface area contributed by atoms with Gasteiger partial charge in [-0.2, -0.15) is 5.26 Å². The molecule has 2 rings (SSSR count). The smallest absolute Gasteiger partial charge is 0.234 e. The van der Waals surface area contributed by atoms with Crippen molar-refractivity contribution >= 4 is 17.5 Å². The highest BCUT2D eigenvalue weighted by Gasteiger charge is 2.13. The van der Waals surface area contributed by atoms with Crippen LogP contribution in [0.25, 0.3) is 0 Å². The fourth-order valence-electron chi connectivity index (χ4n) is 2.17. The summed E-state index contributed by atoms with van der Waals surface area (Å²) in [5.74, 6) is 1.29. The molecule has 0 saturated carbocycles. The Hall–Kier alpha value is -2.91. The quantitative estimate of drug-likeness (QED) is 0.681. The molecule has 0 atom stereocenters. The van der Waals surface area contributed by atoms with Gasteiger partial charge in [-0.1, -0.05) is 29.8 Å². The van der Waals surface area contributed by atoms with E-state index in [9.17, 15) is 4.79 Å². The van der Waals surface area contributed by atoms with Crippen molar-refractivity contribution in [2.45, 2.75) is 13.0 Å². The number of amides is 1. The minimum Gasteiger partial charge on any atom is -0.493 e. The summed E-state index contributed by atoms with van der Waals surface area (Å²) in [7, 11) is 1.51. The van der Waals surface area contributed by atoms with E-state index in [1.165, 1.54) is 7.11 Å². The highest BCUT2D eigenvalue weighted by Crippen LogP contribution is 2.36. The summed E-state index contributed by atoms with van der Waals surface area (Å²) < 4.78 is 16.6. The Labute approximate surface area is 157 Å². The third-order valence-corrected chi connectivity index (χ3v) is 3.64. The Morgan fingerprint density at radius 3 is 2.62 bits per heavy atom. The molecular weight excluding hydrogens is 356 g/mol. The molecule has 0 fully saturated rings. The number of halogens is 1. The van der Waals surface area contributed by atoms with Crippen LogP contribution in [-0.4, -0.2) is 26.2 Å². The largest absolute Gasteiger partial charge is 0.493 e. The molecule has 0 heterocycles. The van der Waals surface area contributed by atoms with Crippen LogP contribution < -0.4 is 19.5 Å². The van der Waals surface area contributed by atoms with Gasteiger partial charge < -0.3 is 19.5 Å². The van der Waals surface area contributed by atoms with Gasteiger partial charge in [0, 0.05) is 6.54 Å². The highest BCUT2D eigenvalue weighted by atomic mass is 35.5. The van der Waals surface area contributed by atoms with E-state index in [1.807, 2.05) is 30.3 Å². The first-order valence-corrected chi connectivity index (χ1v) is 8.32. The number of methoxy groups -OCH3 is 1. The molecular formula is C19H19ClN2O4. The molecule has 0 aliphatic rings. The third-order valence-electron chi connectivity index (χ3n) is 3.36. The van der Waals surface area contributed by atoms with E-state index in [2.05, 4.69) is 5.32 Å². The molecule has 136 valence electrons. The van der Waals surface area contributed by atoms with Crippen LogP contribution in [-0.2, 0) is 11.3 Å². The molecule has 6 nitrogen and oxygen atoms in total. The first kappa shape index (κ1) is 19.4. The molecule has 0 radical (unpaired) electrons. The van der Waals surface area contributed by atoms with Crippen molar-refractivity contribution in [2.24, 2.45) is 0 Å². The van der Waals surface area contributed by atoms with Gasteiger partial charge in [0.05, 0.1) is 18.2 Å². The number of nitrogens with zero attached hydrogens (tertiary/aromatic N) is 1. The van der Waals surface area contributed by atoms with Gasteiger partial charge in [-0.25, -0.2) is 0 Å². The highest BCUT2D eigenvalue weighted by molar-refractivity contribution is 6.32. The number of benzene rings is 2. The Morgan fingerprint density at radius 2 is 1.92 bits per heavy atom. The van der Waals surface area contributed by atoms with Crippen LogP contribution in [0.1, 0.15) is 12.0 Å². The number of carbonyl (C=O) groups is 1. The Kier molecular flexibility index (Phi) is 7.59. The van der Waals surface area contributed by atoms with Crippen LogP contribution in [0.5, 0.6) is 17.2 Å². The van der Waals surface area contributed by atoms with Crippen LogP contribution in [0.2, 0.25) is 5.02 Å². The molecule has 0 aliphatic heterocycles. The average molecular weight is 375 g/mol. The molecule has 0 aromatic heterocycles. The number of ether oxygens (including phenoxy) is 3. The first-order valence-electron chi connectivity index (χ1n) is 7.94. The van der Waals surface area contributed by atoms with E-state index in [0.717, 1.165) is 11.3 Å². The topological polar surface area (TPSA) is 80.6 Å². The van der Waals surface area contributed by atoms with Gasteiger partial charge in [0.25, 0.3) is 0 Å². The maximum Gasteiger partial charge on any atom is 0.234 e. The Bertz CT molecular complexity index is 775. The standard InChI is InChI=1S/C19H19ClN2O4/c1-24-17-12-14(13-22-18(23)7-8-21)11-16(20)19(17)26-10-9-25-15-5-3-2-4-6-15/h2-6,11-12H,7,9-10,13H2,1H3,(H,22,23). The van der Waals surface area contributed by atoms with Crippen LogP contribution in [0.4, 0.5) is 0 Å². The van der Waals surface area contributed by atoms with Crippen molar-refractivity contribution in [1.82, 2.24) is 5.32 Å². The number of hydrogen-bond acceptors (Lipinski definition) is 5. The number of hydrogen-bond donors (Lipinski definition) is 1. The van der Waals surface area contributed by atoms with Crippen molar-refractivity contribution in [1.29, 1.82) is 5.26 Å². The van der Waals surface area contributed by atoms with Gasteiger partial charge >= 0.3 is 0 Å². The molecule has 0 aliphatic carbocycles. The number of carbonyl (C=O) groups excluding carboxylic acids is 1. The van der Waals surface area contributed by atoms with Crippen LogP contribution in [0.3, 0.4) is 0 Å². The maximum atomic E-state index is 11.4. The first-order chi connectivity index (χ1) is 12.6. The predicted molar refractivity (Wildman–Crippen MR) is 97.5 cm³/mol. The summed E-state index contributed by atoms with van der Waals surface area (Å²) in [6.07, 6.45) is -0.187. The predicted octanol–water partition coefficient (Wildman–Crippen LogP) is 3.34. The summed E-state index contributed by atoms with van der Waals surface area (Å²) in [6.45, 7) is 0.896. The number of nitriles is 1. The summed E-state index contributed by atoms with van der Waals surface area (Å²) in [5.41, 5.74) is 0.742. The Balaban J connectivity index is 1.93. The maximum absolute atomic E-state index is 11.4. The molecule has 7 heteroatoms. The second-order valence-corrected chi connectivity index (χ2v) is 5.64. The minimum absolute atomic E-state index is 0.187. The lowest BCUT2D eigenvalue weighted by Gasteiger charge is -2.15. The zero-order chi connectivity index (χ0) is 18.8. The van der Waals surface area contributed by atoms with Crippen LogP contribution >= 0.6 is 11.6 Å². The van der Waals surface area contributed by atoms with Crippen molar-refractivity contribution in [3.8, 4) is 23.3 Å². The van der Waals surface area contributed by atoms with Gasteiger partial charge in [-0.05, 0) is 29.8 Å². The van der Waals surface area contributed by atoms with Gasteiger partial charge in [0.2, 0.25) is 5.91 Å². The lowest BCUT2D eigenvalue weighted by atomic mass is 10.2. The van der Waals surface area contributed by atoms with Crippen molar-refractivity contribution in [3.63, 3.8) is 0 Å². The number of para-hydroxylation sites is 1. The zero-order valence-electron chi connectivity index (χ0n) is 14.3. The van der Waals surface area contributed by atoms with Crippen molar-refractivity contribution in [3.05, 3.63) is 53.1 Å². The van der Waals surface area contributed by atoms with Gasteiger partial charge in [0.15, 0.2) is 11.5 Å². The lowest BCUT2D eigenvalue weighted by molar-refractivity contribution is -0.120. The second kappa shape index (κ2) is 10.2. The van der Waals surface area contributed by atoms with Crippen LogP contribution in [0, 0.1) is 11.3 Å². The molecule has 1 amide bonds. The minimum atomic E-state index is -0.346. The normalized spacial score (nSPS) is 9.88. The fraction of sp³-hybridized carbons (Fsp3) is 0.263. The molecule has 0 spiro atoms.